The number of nitrogens with one attached hydrogen (secondary N) is 1. The van der Waals surface area contributed by atoms with Crippen LogP contribution in [-0.2, 0) is 0 Å². The van der Waals surface area contributed by atoms with Crippen molar-refractivity contribution in [2.75, 3.05) is 13.1 Å². The summed E-state index contributed by atoms with van der Waals surface area (Å²) in [4.78, 5) is 0. The van der Waals surface area contributed by atoms with E-state index in [1.54, 1.807) is 0 Å². The van der Waals surface area contributed by atoms with Gasteiger partial charge in [0.2, 0.25) is 0 Å². The predicted molar refractivity (Wildman–Crippen MR) is 190 cm³/mol. The Labute approximate surface area is 267 Å². The van der Waals surface area contributed by atoms with E-state index in [2.05, 4.69) is 53.8 Å². The van der Waals surface area contributed by atoms with Crippen molar-refractivity contribution in [1.29, 1.82) is 0 Å². The highest BCUT2D eigenvalue weighted by molar-refractivity contribution is 5.00. The average Bonchev–Trinajstić information content (AvgIpc) is 3.10. The number of unbranched alkanes of at least 4 members (excludes halogenated alkanes) is 12. The molecule has 2 rings (SSSR count). The van der Waals surface area contributed by atoms with Gasteiger partial charge >= 0.3 is 0 Å². The second-order valence-corrected chi connectivity index (χ2v) is 16.7. The van der Waals surface area contributed by atoms with Crippen molar-refractivity contribution >= 4 is 0 Å². The minimum atomic E-state index is 0.541. The molecule has 0 bridgehead atoms. The number of rotatable bonds is 24. The van der Waals surface area contributed by atoms with Gasteiger partial charge in [0.15, 0.2) is 0 Å². The molecule has 0 spiro atoms. The molecule has 0 aromatic rings. The third kappa shape index (κ3) is 13.9. The Balaban J connectivity index is 1.56. The lowest BCUT2D eigenvalue weighted by molar-refractivity contribution is -0.0350. The first-order valence-corrected chi connectivity index (χ1v) is 20.0. The van der Waals surface area contributed by atoms with Crippen LogP contribution in [0.2, 0.25) is 0 Å². The lowest BCUT2D eigenvalue weighted by Gasteiger charge is -2.53. The molecule has 0 radical (unpaired) electrons. The van der Waals surface area contributed by atoms with Crippen LogP contribution in [0.4, 0.5) is 0 Å². The van der Waals surface area contributed by atoms with Crippen LogP contribution >= 0.6 is 0 Å². The number of fused-ring (bicyclic) bond motifs is 1. The van der Waals surface area contributed by atoms with Gasteiger partial charge in [-0.15, -0.1) is 0 Å². The molecule has 1 nitrogen and oxygen atoms in total. The van der Waals surface area contributed by atoms with Crippen LogP contribution in [0, 0.1) is 40.4 Å². The van der Waals surface area contributed by atoms with E-state index in [-0.39, 0.29) is 0 Å². The van der Waals surface area contributed by atoms with Crippen molar-refractivity contribution in [3.05, 3.63) is 0 Å². The highest BCUT2D eigenvalue weighted by Gasteiger charge is 2.50. The Kier molecular flexibility index (Phi) is 19.7. The van der Waals surface area contributed by atoms with E-state index in [1.165, 1.54) is 174 Å². The Morgan fingerprint density at radius 2 is 1.24 bits per heavy atom. The molecular weight excluding hydrogens is 506 g/mol. The Morgan fingerprint density at radius 3 is 1.83 bits per heavy atom. The van der Waals surface area contributed by atoms with Gasteiger partial charge < -0.3 is 5.32 Å². The van der Waals surface area contributed by atoms with E-state index in [1.807, 2.05) is 0 Å². The fourth-order valence-corrected chi connectivity index (χ4v) is 9.63. The molecular formula is C41H81N. The molecule has 250 valence electrons. The van der Waals surface area contributed by atoms with Crippen molar-refractivity contribution < 1.29 is 0 Å². The van der Waals surface area contributed by atoms with Gasteiger partial charge in [-0.3, -0.25) is 0 Å². The van der Waals surface area contributed by atoms with Crippen molar-refractivity contribution in [2.24, 2.45) is 40.4 Å². The van der Waals surface area contributed by atoms with Crippen molar-refractivity contribution in [1.82, 2.24) is 5.32 Å². The summed E-state index contributed by atoms with van der Waals surface area (Å²) in [6, 6.07) is 0. The number of hydrogen-bond donors (Lipinski definition) is 1. The topological polar surface area (TPSA) is 12.0 Å². The van der Waals surface area contributed by atoms with Crippen LogP contribution < -0.4 is 5.32 Å². The van der Waals surface area contributed by atoms with Crippen molar-refractivity contribution in [3.63, 3.8) is 0 Å². The highest BCUT2D eigenvalue weighted by atomic mass is 14.8. The molecule has 0 aliphatic heterocycles. The summed E-state index contributed by atoms with van der Waals surface area (Å²) >= 11 is 0. The summed E-state index contributed by atoms with van der Waals surface area (Å²) in [5.41, 5.74) is 1.13. The SMILES string of the molecule is CCCCCCCCCCCCCCNCCCC[C@H](C)CCC1CC(C)(C)CCC2C1CCC(CCC)[C@]2(C)CC. The third-order valence-electron chi connectivity index (χ3n) is 12.6. The molecule has 2 aliphatic rings. The molecule has 0 saturated heterocycles. The molecule has 6 atom stereocenters. The smallest absolute Gasteiger partial charge is 0.00489 e. The lowest BCUT2D eigenvalue weighted by Crippen LogP contribution is -2.45. The van der Waals surface area contributed by atoms with Gasteiger partial charge in [0.1, 0.15) is 0 Å². The summed E-state index contributed by atoms with van der Waals surface area (Å²) in [7, 11) is 0. The molecule has 0 aromatic heterocycles. The molecule has 0 amide bonds. The molecule has 42 heavy (non-hydrogen) atoms. The minimum Gasteiger partial charge on any atom is -0.317 e. The van der Waals surface area contributed by atoms with Crippen LogP contribution in [0.25, 0.3) is 0 Å². The second-order valence-electron chi connectivity index (χ2n) is 16.7. The van der Waals surface area contributed by atoms with Gasteiger partial charge in [-0.1, -0.05) is 158 Å². The molecule has 0 heterocycles. The normalized spacial score (nSPS) is 28.4. The summed E-state index contributed by atoms with van der Waals surface area (Å²) in [6.45, 7) is 20.2. The zero-order valence-corrected chi connectivity index (χ0v) is 30.5. The van der Waals surface area contributed by atoms with E-state index in [0.717, 1.165) is 29.6 Å². The maximum Gasteiger partial charge on any atom is -0.00489 e. The predicted octanol–water partition coefficient (Wildman–Crippen LogP) is 13.5. The minimum absolute atomic E-state index is 0.541. The molecule has 0 aromatic carbocycles. The standard InChI is InChI=1S/C41H81N/c1-8-11-12-13-14-15-16-17-18-19-20-22-32-42-33-23-21-25-35(4)26-27-36-34-40(5,6)31-30-39-38(36)29-28-37(24-9-2)41(39,7)10-3/h35-39,42H,8-34H2,1-7H3/t35-,36?,37?,38?,39?,41-/m0/s1. The zero-order valence-electron chi connectivity index (χ0n) is 30.5. The van der Waals surface area contributed by atoms with Crippen molar-refractivity contribution in [3.8, 4) is 0 Å². The van der Waals surface area contributed by atoms with Gasteiger partial charge in [-0.05, 0) is 105 Å². The largest absolute Gasteiger partial charge is 0.317 e. The summed E-state index contributed by atoms with van der Waals surface area (Å²) in [6.07, 6.45) is 36.3. The van der Waals surface area contributed by atoms with E-state index < -0.39 is 0 Å². The molecule has 1 N–H and O–H groups in total. The second kappa shape index (κ2) is 21.7. The molecule has 2 saturated carbocycles. The highest BCUT2D eigenvalue weighted by Crippen LogP contribution is 2.59. The maximum atomic E-state index is 3.75. The van der Waals surface area contributed by atoms with Crippen LogP contribution in [-0.4, -0.2) is 13.1 Å². The molecule has 2 aliphatic carbocycles. The maximum absolute atomic E-state index is 3.75. The van der Waals surface area contributed by atoms with Gasteiger partial charge in [0.05, 0.1) is 0 Å². The van der Waals surface area contributed by atoms with Gasteiger partial charge in [-0.2, -0.15) is 0 Å². The molecule has 1 heteroatoms. The van der Waals surface area contributed by atoms with Crippen LogP contribution in [0.5, 0.6) is 0 Å². The average molecular weight is 588 g/mol. The number of hydrogen-bond acceptors (Lipinski definition) is 1. The first kappa shape index (κ1) is 38.1. The fraction of sp³-hybridized carbons (Fsp3) is 1.00. The Bertz CT molecular complexity index is 639. The Hall–Kier alpha value is -0.0400. The third-order valence-corrected chi connectivity index (χ3v) is 12.6. The fourth-order valence-electron chi connectivity index (χ4n) is 9.63. The van der Waals surface area contributed by atoms with Crippen LogP contribution in [0.15, 0.2) is 0 Å². The summed E-state index contributed by atoms with van der Waals surface area (Å²) < 4.78 is 0. The van der Waals surface area contributed by atoms with Crippen molar-refractivity contribution in [2.45, 2.75) is 209 Å². The molecule has 4 unspecified atom stereocenters. The summed E-state index contributed by atoms with van der Waals surface area (Å²) in [5.74, 6) is 4.83. The monoisotopic (exact) mass is 588 g/mol. The molecule has 2 fully saturated rings. The summed E-state index contributed by atoms with van der Waals surface area (Å²) in [5, 5.41) is 3.75. The van der Waals surface area contributed by atoms with E-state index >= 15 is 0 Å². The van der Waals surface area contributed by atoms with E-state index in [9.17, 15) is 0 Å². The van der Waals surface area contributed by atoms with E-state index in [0.29, 0.717) is 10.8 Å². The van der Waals surface area contributed by atoms with Crippen LogP contribution in [0.1, 0.15) is 209 Å². The zero-order chi connectivity index (χ0) is 30.7. The van der Waals surface area contributed by atoms with Gasteiger partial charge in [-0.25, -0.2) is 0 Å². The first-order valence-electron chi connectivity index (χ1n) is 20.0. The Morgan fingerprint density at radius 1 is 0.643 bits per heavy atom. The van der Waals surface area contributed by atoms with Crippen LogP contribution in [0.3, 0.4) is 0 Å². The van der Waals surface area contributed by atoms with E-state index in [4.69, 9.17) is 0 Å². The van der Waals surface area contributed by atoms with Gasteiger partial charge in [0, 0.05) is 0 Å². The quantitative estimate of drug-likeness (QED) is 0.111. The lowest BCUT2D eigenvalue weighted by atomic mass is 9.52. The van der Waals surface area contributed by atoms with Gasteiger partial charge in [0.25, 0.3) is 0 Å². The first-order chi connectivity index (χ1) is 20.3.